The number of aromatic nitrogens is 4. The normalized spacial score (nSPS) is 30.4. The lowest BCUT2D eigenvalue weighted by molar-refractivity contribution is 0.590. The van der Waals surface area contributed by atoms with Gasteiger partial charge in [-0.15, -0.1) is 5.10 Å². The third-order valence-electron chi connectivity index (χ3n) is 2.51. The number of hydrogen-bond acceptors (Lipinski definition) is 6. The first kappa shape index (κ1) is 9.38. The molecule has 0 spiro atoms. The van der Waals surface area contributed by atoms with Crippen molar-refractivity contribution >= 4 is 15.8 Å². The topological polar surface area (TPSA) is 101 Å². The van der Waals surface area contributed by atoms with E-state index in [-0.39, 0.29) is 17.0 Å². The third-order valence-corrected chi connectivity index (χ3v) is 4.77. The fourth-order valence-electron chi connectivity index (χ4n) is 1.54. The van der Waals surface area contributed by atoms with Gasteiger partial charge < -0.3 is 5.32 Å². The van der Waals surface area contributed by atoms with Crippen LogP contribution in [0.25, 0.3) is 0 Å². The number of sulfone groups is 1. The maximum absolute atomic E-state index is 11.4. The fourth-order valence-corrected chi connectivity index (χ4v) is 3.20. The van der Waals surface area contributed by atoms with Crippen LogP contribution in [0.4, 0.5) is 5.95 Å². The molecule has 78 valence electrons. The van der Waals surface area contributed by atoms with Crippen molar-refractivity contribution in [3.63, 3.8) is 0 Å². The molecule has 1 aliphatic rings. The van der Waals surface area contributed by atoms with Crippen molar-refractivity contribution < 1.29 is 8.42 Å². The highest BCUT2D eigenvalue weighted by atomic mass is 32.2. The Kier molecular flexibility index (Phi) is 2.14. The highest BCUT2D eigenvalue weighted by molar-refractivity contribution is 7.92. The summed E-state index contributed by atoms with van der Waals surface area (Å²) in [5.74, 6) is 0.572. The van der Waals surface area contributed by atoms with E-state index >= 15 is 0 Å². The number of H-pyrrole nitrogens is 1. The van der Waals surface area contributed by atoms with Crippen LogP contribution in [0.1, 0.15) is 13.3 Å². The van der Waals surface area contributed by atoms with Gasteiger partial charge in [-0.05, 0) is 18.6 Å². The molecule has 0 radical (unpaired) electrons. The average Bonchev–Trinajstić information content (AvgIpc) is 2.70. The maximum Gasteiger partial charge on any atom is 0.263 e. The molecule has 1 fully saturated rings. The molecule has 1 aromatic rings. The zero-order chi connectivity index (χ0) is 10.2. The molecule has 2 atom stereocenters. The van der Waals surface area contributed by atoms with Crippen molar-refractivity contribution in [2.24, 2.45) is 0 Å². The van der Waals surface area contributed by atoms with Crippen LogP contribution in [0.15, 0.2) is 0 Å². The van der Waals surface area contributed by atoms with Gasteiger partial charge in [0.2, 0.25) is 0 Å². The van der Waals surface area contributed by atoms with Gasteiger partial charge in [-0.25, -0.2) is 8.42 Å². The van der Waals surface area contributed by atoms with Crippen molar-refractivity contribution in [3.8, 4) is 0 Å². The van der Waals surface area contributed by atoms with Gasteiger partial charge in [0.05, 0.1) is 11.0 Å². The summed E-state index contributed by atoms with van der Waals surface area (Å²) >= 11 is 0. The highest BCUT2D eigenvalue weighted by Gasteiger charge is 2.37. The van der Waals surface area contributed by atoms with E-state index in [0.717, 1.165) is 0 Å². The number of nitrogens with one attached hydrogen (secondary N) is 2. The Morgan fingerprint density at radius 3 is 2.86 bits per heavy atom. The molecule has 1 saturated heterocycles. The van der Waals surface area contributed by atoms with Crippen LogP contribution in [0.2, 0.25) is 0 Å². The van der Waals surface area contributed by atoms with Gasteiger partial charge >= 0.3 is 0 Å². The van der Waals surface area contributed by atoms with E-state index in [4.69, 9.17) is 0 Å². The van der Waals surface area contributed by atoms with E-state index < -0.39 is 9.84 Å². The smallest absolute Gasteiger partial charge is 0.263 e. The minimum atomic E-state index is -2.93. The molecular weight excluding hydrogens is 206 g/mol. The Balaban J connectivity index is 2.08. The first-order valence-electron chi connectivity index (χ1n) is 4.31. The van der Waals surface area contributed by atoms with E-state index in [1.807, 2.05) is 0 Å². The van der Waals surface area contributed by atoms with Gasteiger partial charge in [0.15, 0.2) is 9.84 Å². The number of rotatable bonds is 2. The summed E-state index contributed by atoms with van der Waals surface area (Å²) in [4.78, 5) is 0. The molecule has 14 heavy (non-hydrogen) atoms. The maximum atomic E-state index is 11.4. The van der Waals surface area contributed by atoms with Gasteiger partial charge in [-0.1, -0.05) is 5.10 Å². The second-order valence-electron chi connectivity index (χ2n) is 3.35. The van der Waals surface area contributed by atoms with Crippen LogP contribution in [0, 0.1) is 0 Å². The number of anilines is 1. The predicted octanol–water partition coefficient (Wildman–Crippen LogP) is -0.813. The zero-order valence-corrected chi connectivity index (χ0v) is 8.45. The van der Waals surface area contributed by atoms with E-state index in [0.29, 0.717) is 12.4 Å². The molecule has 0 aliphatic carbocycles. The molecule has 2 heterocycles. The molecular formula is C6H11N5O2S. The molecule has 0 bridgehead atoms. The quantitative estimate of drug-likeness (QED) is 0.671. The Morgan fingerprint density at radius 1 is 1.57 bits per heavy atom. The minimum absolute atomic E-state index is 0.113. The van der Waals surface area contributed by atoms with Crippen LogP contribution in [0.5, 0.6) is 0 Å². The van der Waals surface area contributed by atoms with Crippen LogP contribution in [-0.2, 0) is 9.84 Å². The summed E-state index contributed by atoms with van der Waals surface area (Å²) < 4.78 is 22.8. The van der Waals surface area contributed by atoms with Crippen LogP contribution >= 0.6 is 0 Å². The molecule has 2 rings (SSSR count). The Morgan fingerprint density at radius 2 is 2.36 bits per heavy atom. The van der Waals surface area contributed by atoms with Crippen molar-refractivity contribution in [3.05, 3.63) is 0 Å². The first-order valence-corrected chi connectivity index (χ1v) is 6.03. The Labute approximate surface area is 81.2 Å². The van der Waals surface area contributed by atoms with Crippen molar-refractivity contribution in [2.45, 2.75) is 24.6 Å². The summed E-state index contributed by atoms with van der Waals surface area (Å²) in [5.41, 5.74) is 0. The molecule has 1 aromatic heterocycles. The summed E-state index contributed by atoms with van der Waals surface area (Å²) in [7, 11) is -2.93. The average molecular weight is 217 g/mol. The van der Waals surface area contributed by atoms with Crippen molar-refractivity contribution in [1.29, 1.82) is 0 Å². The van der Waals surface area contributed by atoms with Gasteiger partial charge in [0.25, 0.3) is 5.95 Å². The summed E-state index contributed by atoms with van der Waals surface area (Å²) in [6.07, 6.45) is 0.595. The van der Waals surface area contributed by atoms with E-state index in [1.165, 1.54) is 0 Å². The third kappa shape index (κ3) is 1.57. The van der Waals surface area contributed by atoms with Crippen LogP contribution in [0.3, 0.4) is 0 Å². The molecule has 0 amide bonds. The predicted molar refractivity (Wildman–Crippen MR) is 49.5 cm³/mol. The van der Waals surface area contributed by atoms with Crippen LogP contribution < -0.4 is 5.32 Å². The van der Waals surface area contributed by atoms with Gasteiger partial charge in [-0.3, -0.25) is 0 Å². The highest BCUT2D eigenvalue weighted by Crippen LogP contribution is 2.22. The SMILES string of the molecule is CC1C(Nc2nn[nH]n2)CCS1(=O)=O. The molecule has 2 N–H and O–H groups in total. The summed E-state index contributed by atoms with van der Waals surface area (Å²) in [5, 5.41) is 15.6. The lowest BCUT2D eigenvalue weighted by atomic mass is 10.2. The summed E-state index contributed by atoms with van der Waals surface area (Å²) in [6.45, 7) is 1.69. The number of tetrazole rings is 1. The molecule has 0 aromatic carbocycles. The molecule has 1 aliphatic heterocycles. The second kappa shape index (κ2) is 3.19. The zero-order valence-electron chi connectivity index (χ0n) is 7.64. The van der Waals surface area contributed by atoms with Crippen molar-refractivity contribution in [1.82, 2.24) is 20.6 Å². The Bertz CT molecular complexity index is 400. The van der Waals surface area contributed by atoms with E-state index in [1.54, 1.807) is 6.92 Å². The van der Waals surface area contributed by atoms with E-state index in [9.17, 15) is 8.42 Å². The minimum Gasteiger partial charge on any atom is -0.348 e. The largest absolute Gasteiger partial charge is 0.348 e. The van der Waals surface area contributed by atoms with Gasteiger partial charge in [-0.2, -0.15) is 5.21 Å². The van der Waals surface area contributed by atoms with E-state index in [2.05, 4.69) is 25.9 Å². The number of aromatic amines is 1. The van der Waals surface area contributed by atoms with Gasteiger partial charge in [0, 0.05) is 6.04 Å². The van der Waals surface area contributed by atoms with Crippen molar-refractivity contribution in [2.75, 3.05) is 11.1 Å². The molecule has 0 saturated carbocycles. The molecule has 7 nitrogen and oxygen atoms in total. The standard InChI is InChI=1S/C6H11N5O2S/c1-4-5(2-3-14(4,12)13)7-6-8-10-11-9-6/h4-5H,2-3H2,1H3,(H2,7,8,9,10,11). The monoisotopic (exact) mass is 217 g/mol. The second-order valence-corrected chi connectivity index (χ2v) is 5.82. The fraction of sp³-hybridized carbons (Fsp3) is 0.833. The lowest BCUT2D eigenvalue weighted by Gasteiger charge is -2.13. The summed E-state index contributed by atoms with van der Waals surface area (Å²) in [6, 6.07) is -0.113. The Hall–Kier alpha value is -1.18. The molecule has 8 heteroatoms. The number of nitrogens with zero attached hydrogens (tertiary/aromatic N) is 3. The number of hydrogen-bond donors (Lipinski definition) is 2. The molecule has 2 unspecified atom stereocenters. The first-order chi connectivity index (χ1) is 6.59. The van der Waals surface area contributed by atoms with Crippen LogP contribution in [-0.4, -0.2) is 46.1 Å². The van der Waals surface area contributed by atoms with Gasteiger partial charge in [0.1, 0.15) is 0 Å². The lowest BCUT2D eigenvalue weighted by Crippen LogP contribution is -2.30.